The van der Waals surface area contributed by atoms with Crippen molar-refractivity contribution < 1.29 is 8.42 Å². The highest BCUT2D eigenvalue weighted by Gasteiger charge is 2.16. The molecule has 0 amide bonds. The zero-order valence-corrected chi connectivity index (χ0v) is 16.4. The molecule has 0 saturated carbocycles. The second-order valence-corrected chi connectivity index (χ2v) is 14.2. The van der Waals surface area contributed by atoms with Gasteiger partial charge in [-0.05, 0) is 36.2 Å². The minimum Gasteiger partial charge on any atom is -0.200 e. The lowest BCUT2D eigenvalue weighted by Crippen LogP contribution is -2.24. The zero-order chi connectivity index (χ0) is 17.8. The van der Waals surface area contributed by atoms with Gasteiger partial charge in [-0.15, -0.1) is 0 Å². The second kappa shape index (κ2) is 7.32. The normalized spacial score (nSPS) is 12.5. The smallest absolute Gasteiger partial charge is 0.200 e. The maximum absolute atomic E-state index is 12.2. The molecular weight excluding hydrogens is 336 g/mol. The molecule has 2 aromatic rings. The number of hydrogen-bond acceptors (Lipinski definition) is 3. The van der Waals surface area contributed by atoms with Gasteiger partial charge in [0, 0.05) is 8.07 Å². The highest BCUT2D eigenvalue weighted by atomic mass is 32.2. The molecule has 0 aromatic heterocycles. The average Bonchev–Trinajstić information content (AvgIpc) is 2.48. The molecule has 0 aliphatic carbocycles. The van der Waals surface area contributed by atoms with E-state index in [1.54, 1.807) is 30.5 Å². The van der Waals surface area contributed by atoms with Crippen molar-refractivity contribution in [3.05, 3.63) is 65.2 Å². The van der Waals surface area contributed by atoms with Crippen LogP contribution in [0.5, 0.6) is 0 Å². The number of nitrogens with zero attached hydrogens (tertiary/aromatic N) is 1. The number of rotatable bonds is 6. The topological polar surface area (TPSA) is 58.5 Å². The molecule has 6 heteroatoms. The Morgan fingerprint density at radius 2 is 1.67 bits per heavy atom. The van der Waals surface area contributed by atoms with Crippen molar-refractivity contribution in [3.63, 3.8) is 0 Å². The van der Waals surface area contributed by atoms with E-state index in [4.69, 9.17) is 0 Å². The lowest BCUT2D eigenvalue weighted by atomic mass is 10.1. The number of benzene rings is 2. The van der Waals surface area contributed by atoms with Crippen LogP contribution in [-0.4, -0.2) is 22.7 Å². The van der Waals surface area contributed by atoms with Crippen molar-refractivity contribution in [2.75, 3.05) is 0 Å². The molecule has 0 radical (unpaired) electrons. The van der Waals surface area contributed by atoms with Crippen LogP contribution in [0.4, 0.5) is 0 Å². The summed E-state index contributed by atoms with van der Waals surface area (Å²) < 4.78 is 24.5. The highest BCUT2D eigenvalue weighted by molar-refractivity contribution is 7.89. The Labute approximate surface area is 145 Å². The van der Waals surface area contributed by atoms with Crippen LogP contribution in [-0.2, 0) is 16.1 Å². The van der Waals surface area contributed by atoms with E-state index >= 15 is 0 Å². The minimum atomic E-state index is -3.63. The Bertz CT molecular complexity index is 823. The van der Waals surface area contributed by atoms with Crippen LogP contribution in [0.2, 0.25) is 19.6 Å². The predicted molar refractivity (Wildman–Crippen MR) is 103 cm³/mol. The van der Waals surface area contributed by atoms with Crippen molar-refractivity contribution in [1.29, 1.82) is 0 Å². The van der Waals surface area contributed by atoms with Gasteiger partial charge in [0.15, 0.2) is 0 Å². The minimum absolute atomic E-state index is 0.209. The summed E-state index contributed by atoms with van der Waals surface area (Å²) in [5, 5.41) is 3.96. The van der Waals surface area contributed by atoms with Crippen LogP contribution >= 0.6 is 0 Å². The van der Waals surface area contributed by atoms with Gasteiger partial charge >= 0.3 is 0 Å². The quantitative estimate of drug-likeness (QED) is 0.485. The molecular formula is C18H24N2O2SSi. The number of hydrogen-bond donors (Lipinski definition) is 1. The van der Waals surface area contributed by atoms with Crippen LogP contribution in [0, 0.1) is 6.92 Å². The van der Waals surface area contributed by atoms with Gasteiger partial charge < -0.3 is 0 Å². The molecule has 24 heavy (non-hydrogen) atoms. The lowest BCUT2D eigenvalue weighted by Gasteiger charge is -2.17. The third-order valence-electron chi connectivity index (χ3n) is 3.48. The maximum Gasteiger partial charge on any atom is 0.276 e. The Morgan fingerprint density at radius 1 is 1.04 bits per heavy atom. The molecule has 0 aliphatic rings. The maximum atomic E-state index is 12.2. The molecule has 0 bridgehead atoms. The fourth-order valence-corrected chi connectivity index (χ4v) is 4.58. The number of sulfonamides is 1. The summed E-state index contributed by atoms with van der Waals surface area (Å²) in [6.45, 7) is 8.83. The Hall–Kier alpha value is -1.92. The summed E-state index contributed by atoms with van der Waals surface area (Å²) in [4.78, 5) is 2.50. The molecule has 2 aromatic carbocycles. The lowest BCUT2D eigenvalue weighted by molar-refractivity contribution is 0.584. The third kappa shape index (κ3) is 5.32. The first-order valence-electron chi connectivity index (χ1n) is 7.87. The van der Waals surface area contributed by atoms with Gasteiger partial charge in [0.1, 0.15) is 0 Å². The van der Waals surface area contributed by atoms with Crippen molar-refractivity contribution in [2.45, 2.75) is 37.5 Å². The predicted octanol–water partition coefficient (Wildman–Crippen LogP) is 3.73. The summed E-state index contributed by atoms with van der Waals surface area (Å²) in [6, 6.07) is 15.7. The second-order valence-electron chi connectivity index (χ2n) is 7.10. The fraction of sp³-hybridized carbons (Fsp3) is 0.278. The molecule has 0 saturated heterocycles. The van der Waals surface area contributed by atoms with E-state index in [9.17, 15) is 8.42 Å². The number of nitrogens with one attached hydrogen (secondary N) is 1. The third-order valence-corrected chi connectivity index (χ3v) is 6.16. The highest BCUT2D eigenvalue weighted by Crippen LogP contribution is 2.15. The van der Waals surface area contributed by atoms with Crippen LogP contribution in [0.3, 0.4) is 0 Å². The van der Waals surface area contributed by atoms with Gasteiger partial charge in [-0.25, -0.2) is 4.83 Å². The van der Waals surface area contributed by atoms with E-state index in [1.165, 1.54) is 5.56 Å². The van der Waals surface area contributed by atoms with E-state index in [2.05, 4.69) is 35.6 Å². The first-order valence-corrected chi connectivity index (χ1v) is 13.1. The van der Waals surface area contributed by atoms with Crippen molar-refractivity contribution in [3.8, 4) is 0 Å². The van der Waals surface area contributed by atoms with Gasteiger partial charge in [-0.3, -0.25) is 0 Å². The van der Waals surface area contributed by atoms with Crippen molar-refractivity contribution in [2.24, 2.45) is 5.10 Å². The first kappa shape index (κ1) is 18.4. The van der Waals surface area contributed by atoms with Crippen molar-refractivity contribution in [1.82, 2.24) is 4.83 Å². The van der Waals surface area contributed by atoms with Gasteiger partial charge in [0.2, 0.25) is 0 Å². The molecule has 0 aliphatic heterocycles. The number of hydrazone groups is 1. The molecule has 0 atom stereocenters. The summed E-state index contributed by atoms with van der Waals surface area (Å²) in [5.41, 5.74) is 3.17. The molecule has 0 unspecified atom stereocenters. The molecule has 128 valence electrons. The largest absolute Gasteiger partial charge is 0.276 e. The standard InChI is InChI=1S/C18H24N2O2SSi/c1-15-9-11-18(12-10-15)23(21,22)20-19-13-16-7-5-6-8-17(16)14-24(2,3)4/h5-13,20H,14H2,1-4H3/b19-13+. The van der Waals surface area contributed by atoms with Gasteiger partial charge in [-0.2, -0.15) is 13.5 Å². The van der Waals surface area contributed by atoms with Crippen LogP contribution < -0.4 is 4.83 Å². The molecule has 4 nitrogen and oxygen atoms in total. The first-order chi connectivity index (χ1) is 11.2. The summed E-state index contributed by atoms with van der Waals surface area (Å²) in [7, 11) is -4.90. The van der Waals surface area contributed by atoms with E-state index in [-0.39, 0.29) is 4.90 Å². The molecule has 0 spiro atoms. The summed E-state index contributed by atoms with van der Waals surface area (Å²) in [6.07, 6.45) is 1.58. The van der Waals surface area contributed by atoms with Crippen LogP contribution in [0.1, 0.15) is 16.7 Å². The summed E-state index contributed by atoms with van der Waals surface area (Å²) >= 11 is 0. The van der Waals surface area contributed by atoms with Crippen LogP contribution in [0.15, 0.2) is 58.5 Å². The molecule has 0 fully saturated rings. The molecule has 2 rings (SSSR count). The SMILES string of the molecule is Cc1ccc(S(=O)(=O)N/N=C/c2ccccc2C[Si](C)(C)C)cc1. The monoisotopic (exact) mass is 360 g/mol. The fourth-order valence-electron chi connectivity index (χ4n) is 2.33. The van der Waals surface area contributed by atoms with Gasteiger partial charge in [-0.1, -0.05) is 61.6 Å². The van der Waals surface area contributed by atoms with E-state index in [1.807, 2.05) is 25.1 Å². The Morgan fingerprint density at radius 3 is 2.29 bits per heavy atom. The molecule has 0 heterocycles. The van der Waals surface area contributed by atoms with Crippen molar-refractivity contribution >= 4 is 24.3 Å². The Kier molecular flexibility index (Phi) is 5.61. The average molecular weight is 361 g/mol. The van der Waals surface area contributed by atoms with E-state index in [0.29, 0.717) is 0 Å². The van der Waals surface area contributed by atoms with E-state index < -0.39 is 18.1 Å². The van der Waals surface area contributed by atoms with Gasteiger partial charge in [0.25, 0.3) is 10.0 Å². The summed E-state index contributed by atoms with van der Waals surface area (Å²) in [5.74, 6) is 0. The van der Waals surface area contributed by atoms with E-state index in [0.717, 1.165) is 17.2 Å². The Balaban J connectivity index is 2.16. The zero-order valence-electron chi connectivity index (χ0n) is 14.6. The number of aryl methyl sites for hydroxylation is 1. The molecule has 1 N–H and O–H groups in total. The van der Waals surface area contributed by atoms with Crippen LogP contribution in [0.25, 0.3) is 0 Å². The van der Waals surface area contributed by atoms with Gasteiger partial charge in [0.05, 0.1) is 11.1 Å².